The normalized spacial score (nSPS) is 27.8. The Morgan fingerprint density at radius 1 is 1.56 bits per heavy atom. The minimum Gasteiger partial charge on any atom is -0.392 e. The van der Waals surface area contributed by atoms with Crippen molar-refractivity contribution >= 4 is 17.2 Å². The molecule has 1 saturated heterocycles. The summed E-state index contributed by atoms with van der Waals surface area (Å²) in [4.78, 5) is 0.620. The SMILES string of the molecule is NC(=S)[C@@H]1CCCCN1. The van der Waals surface area contributed by atoms with Crippen molar-refractivity contribution in [2.45, 2.75) is 25.3 Å². The molecule has 0 spiro atoms. The third kappa shape index (κ3) is 1.91. The Morgan fingerprint density at radius 3 is 2.67 bits per heavy atom. The molecule has 0 amide bonds. The van der Waals surface area contributed by atoms with Crippen molar-refractivity contribution in [1.82, 2.24) is 5.32 Å². The molecule has 1 aliphatic rings. The second-order valence-electron chi connectivity index (χ2n) is 2.40. The lowest BCUT2D eigenvalue weighted by Crippen LogP contribution is -2.43. The van der Waals surface area contributed by atoms with Gasteiger partial charge in [-0.2, -0.15) is 0 Å². The van der Waals surface area contributed by atoms with Gasteiger partial charge in [-0.15, -0.1) is 0 Å². The molecule has 2 nitrogen and oxygen atoms in total. The van der Waals surface area contributed by atoms with Crippen LogP contribution in [0.5, 0.6) is 0 Å². The van der Waals surface area contributed by atoms with Gasteiger partial charge in [-0.25, -0.2) is 0 Å². The van der Waals surface area contributed by atoms with Crippen molar-refractivity contribution in [2.75, 3.05) is 6.54 Å². The van der Waals surface area contributed by atoms with Crippen molar-refractivity contribution in [1.29, 1.82) is 0 Å². The number of thiocarbonyl (C=S) groups is 1. The molecule has 52 valence electrons. The number of nitrogens with two attached hydrogens (primary N) is 1. The number of rotatable bonds is 1. The first-order valence-electron chi connectivity index (χ1n) is 3.33. The van der Waals surface area contributed by atoms with Crippen molar-refractivity contribution < 1.29 is 0 Å². The van der Waals surface area contributed by atoms with E-state index >= 15 is 0 Å². The van der Waals surface area contributed by atoms with E-state index in [1.807, 2.05) is 0 Å². The van der Waals surface area contributed by atoms with Crippen molar-refractivity contribution in [2.24, 2.45) is 5.73 Å². The number of nitrogens with one attached hydrogen (secondary N) is 1. The Bertz CT molecular complexity index is 108. The van der Waals surface area contributed by atoms with Crippen LogP contribution in [0.1, 0.15) is 19.3 Å². The molecule has 0 aromatic rings. The van der Waals surface area contributed by atoms with Gasteiger partial charge in [0, 0.05) is 0 Å². The molecule has 1 aliphatic heterocycles. The number of hydrogen-bond donors (Lipinski definition) is 2. The second-order valence-corrected chi connectivity index (χ2v) is 2.88. The van der Waals surface area contributed by atoms with E-state index in [2.05, 4.69) is 5.32 Å². The maximum absolute atomic E-state index is 5.44. The van der Waals surface area contributed by atoms with Gasteiger partial charge >= 0.3 is 0 Å². The van der Waals surface area contributed by atoms with Gasteiger partial charge in [0.05, 0.1) is 11.0 Å². The maximum atomic E-state index is 5.44. The van der Waals surface area contributed by atoms with E-state index < -0.39 is 0 Å². The van der Waals surface area contributed by atoms with Gasteiger partial charge in [0.1, 0.15) is 0 Å². The number of piperidine rings is 1. The van der Waals surface area contributed by atoms with Crippen LogP contribution < -0.4 is 11.1 Å². The van der Waals surface area contributed by atoms with Crippen LogP contribution in [0.15, 0.2) is 0 Å². The molecule has 0 unspecified atom stereocenters. The van der Waals surface area contributed by atoms with Gasteiger partial charge < -0.3 is 11.1 Å². The van der Waals surface area contributed by atoms with Crippen LogP contribution in [0.2, 0.25) is 0 Å². The molecule has 3 N–H and O–H groups in total. The zero-order valence-electron chi connectivity index (χ0n) is 5.39. The van der Waals surface area contributed by atoms with E-state index in [1.165, 1.54) is 12.8 Å². The summed E-state index contributed by atoms with van der Waals surface area (Å²) in [6.45, 7) is 1.07. The van der Waals surface area contributed by atoms with E-state index in [1.54, 1.807) is 0 Å². The van der Waals surface area contributed by atoms with E-state index in [0.717, 1.165) is 13.0 Å². The molecule has 0 aromatic carbocycles. The quantitative estimate of drug-likeness (QED) is 0.524. The molecule has 0 bridgehead atoms. The third-order valence-corrected chi connectivity index (χ3v) is 1.94. The van der Waals surface area contributed by atoms with Crippen LogP contribution in [0.25, 0.3) is 0 Å². The van der Waals surface area contributed by atoms with Crippen molar-refractivity contribution in [3.05, 3.63) is 0 Å². The molecule has 0 aliphatic carbocycles. The van der Waals surface area contributed by atoms with Crippen molar-refractivity contribution in [3.63, 3.8) is 0 Å². The summed E-state index contributed by atoms with van der Waals surface area (Å²) in [6, 6.07) is 0.314. The first-order chi connectivity index (χ1) is 4.30. The largest absolute Gasteiger partial charge is 0.392 e. The fourth-order valence-electron chi connectivity index (χ4n) is 1.09. The molecule has 0 aromatic heterocycles. The highest BCUT2D eigenvalue weighted by atomic mass is 32.1. The average molecular weight is 144 g/mol. The van der Waals surface area contributed by atoms with E-state index in [9.17, 15) is 0 Å². The van der Waals surface area contributed by atoms with Gasteiger partial charge in [0.2, 0.25) is 0 Å². The molecule has 9 heavy (non-hydrogen) atoms. The van der Waals surface area contributed by atoms with Crippen LogP contribution in [0.3, 0.4) is 0 Å². The molecule has 0 saturated carbocycles. The summed E-state index contributed by atoms with van der Waals surface area (Å²) in [7, 11) is 0. The Morgan fingerprint density at radius 2 is 2.33 bits per heavy atom. The van der Waals surface area contributed by atoms with Crippen LogP contribution >= 0.6 is 12.2 Å². The monoisotopic (exact) mass is 144 g/mol. The molecular weight excluding hydrogens is 132 g/mol. The molecular formula is C6H12N2S. The molecule has 1 heterocycles. The molecule has 0 radical (unpaired) electrons. The summed E-state index contributed by atoms with van der Waals surface area (Å²) in [5.41, 5.74) is 5.44. The first-order valence-corrected chi connectivity index (χ1v) is 3.74. The highest BCUT2D eigenvalue weighted by Gasteiger charge is 2.13. The van der Waals surface area contributed by atoms with Crippen molar-refractivity contribution in [3.8, 4) is 0 Å². The Balaban J connectivity index is 2.31. The van der Waals surface area contributed by atoms with E-state index in [4.69, 9.17) is 18.0 Å². The summed E-state index contributed by atoms with van der Waals surface area (Å²) >= 11 is 4.83. The lowest BCUT2D eigenvalue weighted by atomic mass is 10.1. The molecule has 1 fully saturated rings. The van der Waals surface area contributed by atoms with E-state index in [-0.39, 0.29) is 0 Å². The summed E-state index contributed by atoms with van der Waals surface area (Å²) in [5.74, 6) is 0. The predicted octanol–water partition coefficient (Wildman–Crippen LogP) is 0.415. The summed E-state index contributed by atoms with van der Waals surface area (Å²) < 4.78 is 0. The average Bonchev–Trinajstić information content (AvgIpc) is 1.90. The van der Waals surface area contributed by atoms with Crippen LogP contribution in [-0.4, -0.2) is 17.6 Å². The zero-order valence-corrected chi connectivity index (χ0v) is 6.21. The highest BCUT2D eigenvalue weighted by Crippen LogP contribution is 2.06. The molecule has 1 atom stereocenters. The number of hydrogen-bond acceptors (Lipinski definition) is 2. The van der Waals surface area contributed by atoms with Gasteiger partial charge in [-0.1, -0.05) is 18.6 Å². The lowest BCUT2D eigenvalue weighted by Gasteiger charge is -2.21. The summed E-state index contributed by atoms with van der Waals surface area (Å²) in [5, 5.41) is 3.25. The highest BCUT2D eigenvalue weighted by molar-refractivity contribution is 7.80. The summed E-state index contributed by atoms with van der Waals surface area (Å²) in [6.07, 6.45) is 3.64. The molecule has 1 rings (SSSR count). The minimum atomic E-state index is 0.314. The predicted molar refractivity (Wildman–Crippen MR) is 42.4 cm³/mol. The van der Waals surface area contributed by atoms with Gasteiger partial charge in [-0.05, 0) is 19.4 Å². The topological polar surface area (TPSA) is 38.0 Å². The Hall–Kier alpha value is -0.150. The van der Waals surface area contributed by atoms with Crippen LogP contribution in [0.4, 0.5) is 0 Å². The van der Waals surface area contributed by atoms with Crippen LogP contribution in [0, 0.1) is 0 Å². The lowest BCUT2D eigenvalue weighted by molar-refractivity contribution is 0.473. The first kappa shape index (κ1) is 6.96. The van der Waals surface area contributed by atoms with Gasteiger partial charge in [0.15, 0.2) is 0 Å². The molecule has 3 heteroatoms. The minimum absolute atomic E-state index is 0.314. The smallest absolute Gasteiger partial charge is 0.0899 e. The third-order valence-electron chi connectivity index (χ3n) is 1.65. The standard InChI is InChI=1S/C6H12N2S/c7-6(9)5-3-1-2-4-8-5/h5,8H,1-4H2,(H2,7,9)/t5-/m0/s1. The zero-order chi connectivity index (χ0) is 6.69. The maximum Gasteiger partial charge on any atom is 0.0899 e. The van der Waals surface area contributed by atoms with E-state index in [0.29, 0.717) is 11.0 Å². The fraction of sp³-hybridized carbons (Fsp3) is 0.833. The Labute approximate surface area is 60.8 Å². The second kappa shape index (κ2) is 3.13. The van der Waals surface area contributed by atoms with Gasteiger partial charge in [-0.3, -0.25) is 0 Å². The van der Waals surface area contributed by atoms with Gasteiger partial charge in [0.25, 0.3) is 0 Å². The Kier molecular flexibility index (Phi) is 2.42. The van der Waals surface area contributed by atoms with Crippen LogP contribution in [-0.2, 0) is 0 Å². The fourth-order valence-corrected chi connectivity index (χ4v) is 1.30.